The molecule has 0 aliphatic carbocycles. The van der Waals surface area contributed by atoms with Gasteiger partial charge in [0.15, 0.2) is 0 Å². The lowest BCUT2D eigenvalue weighted by Crippen LogP contribution is -2.15. The first-order valence-electron chi connectivity index (χ1n) is 6.12. The summed E-state index contributed by atoms with van der Waals surface area (Å²) in [6.45, 7) is 4.51. The Bertz CT molecular complexity index is 671. The maximum atomic E-state index is 12.8. The van der Waals surface area contributed by atoms with Crippen LogP contribution in [0.1, 0.15) is 32.9 Å². The molecule has 2 aromatic rings. The Morgan fingerprint density at radius 2 is 1.90 bits per heavy atom. The number of anilines is 1. The molecule has 0 aliphatic heterocycles. The first kappa shape index (κ1) is 15.1. The molecule has 0 atom stereocenters. The number of benzene rings is 1. The molecular weight excluding hydrogens is 285 g/mol. The Morgan fingerprint density at radius 1 is 1.24 bits per heavy atom. The fourth-order valence-corrected chi connectivity index (χ4v) is 2.01. The molecule has 112 valence electrons. The molecule has 7 heteroatoms. The van der Waals surface area contributed by atoms with E-state index in [0.717, 1.165) is 6.07 Å². The average Bonchev–Trinajstić information content (AvgIpc) is 2.70. The van der Waals surface area contributed by atoms with E-state index in [1.807, 2.05) is 0 Å². The van der Waals surface area contributed by atoms with Crippen LogP contribution in [0.3, 0.4) is 0 Å². The highest BCUT2D eigenvalue weighted by atomic mass is 19.4. The van der Waals surface area contributed by atoms with Gasteiger partial charge >= 0.3 is 6.18 Å². The molecule has 1 aromatic carbocycles. The van der Waals surface area contributed by atoms with Gasteiger partial charge < -0.3 is 9.84 Å². The monoisotopic (exact) mass is 298 g/mol. The predicted molar refractivity (Wildman–Crippen MR) is 70.1 cm³/mol. The van der Waals surface area contributed by atoms with Gasteiger partial charge in [0, 0.05) is 5.69 Å². The second kappa shape index (κ2) is 5.23. The van der Waals surface area contributed by atoms with E-state index in [4.69, 9.17) is 4.52 Å². The number of alkyl halides is 3. The van der Waals surface area contributed by atoms with Gasteiger partial charge in [-0.2, -0.15) is 13.2 Å². The molecule has 0 spiro atoms. The van der Waals surface area contributed by atoms with E-state index >= 15 is 0 Å². The quantitative estimate of drug-likeness (QED) is 0.915. The van der Waals surface area contributed by atoms with Crippen molar-refractivity contribution in [3.8, 4) is 0 Å². The molecule has 1 amide bonds. The first-order valence-corrected chi connectivity index (χ1v) is 6.12. The molecule has 21 heavy (non-hydrogen) atoms. The molecular formula is C14H13F3N2O2. The van der Waals surface area contributed by atoms with Crippen LogP contribution in [0.25, 0.3) is 0 Å². The summed E-state index contributed by atoms with van der Waals surface area (Å²) in [5.74, 6) is -0.239. The lowest BCUT2D eigenvalue weighted by atomic mass is 10.1. The Labute approximate surface area is 118 Å². The minimum absolute atomic E-state index is 0.0675. The number of halogens is 3. The van der Waals surface area contributed by atoms with Crippen molar-refractivity contribution in [3.05, 3.63) is 46.3 Å². The molecule has 0 fully saturated rings. The van der Waals surface area contributed by atoms with Crippen molar-refractivity contribution in [1.82, 2.24) is 5.16 Å². The third-order valence-electron chi connectivity index (χ3n) is 3.06. The van der Waals surface area contributed by atoms with E-state index in [0.29, 0.717) is 11.5 Å². The number of aromatic nitrogens is 1. The molecule has 4 nitrogen and oxygen atoms in total. The van der Waals surface area contributed by atoms with Gasteiger partial charge in [-0.3, -0.25) is 4.79 Å². The van der Waals surface area contributed by atoms with Crippen molar-refractivity contribution in [2.75, 3.05) is 5.32 Å². The topological polar surface area (TPSA) is 55.1 Å². The standard InChI is InChI=1S/C14H13F3N2O2/c1-7-4-5-10(6-11(7)14(15,16)17)18-13(20)12-8(2)19-21-9(12)3/h4-6H,1-3H3,(H,18,20). The maximum absolute atomic E-state index is 12.8. The molecule has 0 aliphatic rings. The number of carbonyl (C=O) groups is 1. The molecule has 1 aromatic heterocycles. The van der Waals surface area contributed by atoms with Crippen LogP contribution in [-0.2, 0) is 6.18 Å². The van der Waals surface area contributed by atoms with E-state index in [1.165, 1.54) is 19.1 Å². The number of nitrogens with one attached hydrogen (secondary N) is 1. The highest BCUT2D eigenvalue weighted by Crippen LogP contribution is 2.33. The fourth-order valence-electron chi connectivity index (χ4n) is 2.01. The van der Waals surface area contributed by atoms with Gasteiger partial charge in [-0.1, -0.05) is 11.2 Å². The van der Waals surface area contributed by atoms with Crippen LogP contribution in [0.4, 0.5) is 18.9 Å². The van der Waals surface area contributed by atoms with Gasteiger partial charge in [0.05, 0.1) is 11.3 Å². The molecule has 0 bridgehead atoms. The Kier molecular flexibility index (Phi) is 3.76. The van der Waals surface area contributed by atoms with Crippen LogP contribution < -0.4 is 5.32 Å². The molecule has 0 unspecified atom stereocenters. The van der Waals surface area contributed by atoms with Crippen LogP contribution >= 0.6 is 0 Å². The molecule has 2 rings (SSSR count). The minimum atomic E-state index is -4.46. The zero-order valence-electron chi connectivity index (χ0n) is 11.6. The summed E-state index contributed by atoms with van der Waals surface area (Å²) in [4.78, 5) is 12.1. The number of hydrogen-bond acceptors (Lipinski definition) is 3. The summed E-state index contributed by atoms with van der Waals surface area (Å²) in [7, 11) is 0. The number of rotatable bonds is 2. The molecule has 1 N–H and O–H groups in total. The van der Waals surface area contributed by atoms with Crippen molar-refractivity contribution in [1.29, 1.82) is 0 Å². The minimum Gasteiger partial charge on any atom is -0.361 e. The van der Waals surface area contributed by atoms with Gasteiger partial charge in [-0.25, -0.2) is 0 Å². The number of nitrogens with zero attached hydrogens (tertiary/aromatic N) is 1. The van der Waals surface area contributed by atoms with Crippen LogP contribution in [-0.4, -0.2) is 11.1 Å². The van der Waals surface area contributed by atoms with Crippen molar-refractivity contribution < 1.29 is 22.5 Å². The van der Waals surface area contributed by atoms with E-state index < -0.39 is 17.6 Å². The zero-order valence-corrected chi connectivity index (χ0v) is 11.6. The van der Waals surface area contributed by atoms with Crippen molar-refractivity contribution in [2.24, 2.45) is 0 Å². The zero-order chi connectivity index (χ0) is 15.8. The summed E-state index contributed by atoms with van der Waals surface area (Å²) in [6, 6.07) is 3.64. The van der Waals surface area contributed by atoms with Crippen LogP contribution in [0, 0.1) is 20.8 Å². The molecule has 1 heterocycles. The van der Waals surface area contributed by atoms with Gasteiger partial charge in [0.25, 0.3) is 5.91 Å². The van der Waals surface area contributed by atoms with Crippen LogP contribution in [0.5, 0.6) is 0 Å². The summed E-state index contributed by atoms with van der Waals surface area (Å²) in [5, 5.41) is 6.06. The number of aryl methyl sites for hydroxylation is 3. The van der Waals surface area contributed by atoms with E-state index in [-0.39, 0.29) is 16.8 Å². The third kappa shape index (κ3) is 3.07. The van der Waals surface area contributed by atoms with Crippen LogP contribution in [0.15, 0.2) is 22.7 Å². The van der Waals surface area contributed by atoms with E-state index in [1.54, 1.807) is 13.8 Å². The Balaban J connectivity index is 2.31. The molecule has 0 saturated carbocycles. The smallest absolute Gasteiger partial charge is 0.361 e. The highest BCUT2D eigenvalue weighted by molar-refractivity contribution is 6.05. The second-order valence-electron chi connectivity index (χ2n) is 4.68. The van der Waals surface area contributed by atoms with Gasteiger partial charge in [0.1, 0.15) is 11.3 Å². The lowest BCUT2D eigenvalue weighted by molar-refractivity contribution is -0.138. The number of carbonyl (C=O) groups excluding carboxylic acids is 1. The van der Waals surface area contributed by atoms with Gasteiger partial charge in [0.2, 0.25) is 0 Å². The Morgan fingerprint density at radius 3 is 2.43 bits per heavy atom. The normalized spacial score (nSPS) is 11.5. The van der Waals surface area contributed by atoms with Crippen molar-refractivity contribution in [2.45, 2.75) is 26.9 Å². The maximum Gasteiger partial charge on any atom is 0.416 e. The average molecular weight is 298 g/mol. The van der Waals surface area contributed by atoms with Gasteiger partial charge in [-0.15, -0.1) is 0 Å². The number of hydrogen-bond donors (Lipinski definition) is 1. The number of amides is 1. The third-order valence-corrected chi connectivity index (χ3v) is 3.06. The van der Waals surface area contributed by atoms with Gasteiger partial charge in [-0.05, 0) is 38.5 Å². The fraction of sp³-hybridized carbons (Fsp3) is 0.286. The predicted octanol–water partition coefficient (Wildman–Crippen LogP) is 3.87. The SMILES string of the molecule is Cc1ccc(NC(=O)c2c(C)noc2C)cc1C(F)(F)F. The lowest BCUT2D eigenvalue weighted by Gasteiger charge is -2.12. The summed E-state index contributed by atoms with van der Waals surface area (Å²) < 4.78 is 43.4. The summed E-state index contributed by atoms with van der Waals surface area (Å²) >= 11 is 0. The first-order chi connectivity index (χ1) is 9.70. The molecule has 0 saturated heterocycles. The largest absolute Gasteiger partial charge is 0.416 e. The summed E-state index contributed by atoms with van der Waals surface area (Å²) in [5.41, 5.74) is -0.00730. The van der Waals surface area contributed by atoms with Crippen molar-refractivity contribution in [3.63, 3.8) is 0 Å². The second-order valence-corrected chi connectivity index (χ2v) is 4.68. The summed E-state index contributed by atoms with van der Waals surface area (Å²) in [6.07, 6.45) is -4.46. The molecule has 0 radical (unpaired) electrons. The van der Waals surface area contributed by atoms with Crippen LogP contribution in [0.2, 0.25) is 0 Å². The highest BCUT2D eigenvalue weighted by Gasteiger charge is 2.32. The Hall–Kier alpha value is -2.31. The van der Waals surface area contributed by atoms with E-state index in [9.17, 15) is 18.0 Å². The van der Waals surface area contributed by atoms with E-state index in [2.05, 4.69) is 10.5 Å². The van der Waals surface area contributed by atoms with Crippen molar-refractivity contribution >= 4 is 11.6 Å².